The Morgan fingerprint density at radius 1 is 1.21 bits per heavy atom. The fourth-order valence-corrected chi connectivity index (χ4v) is 2.83. The third kappa shape index (κ3) is 3.56. The summed E-state index contributed by atoms with van der Waals surface area (Å²) in [5.41, 5.74) is 0.727. The maximum Gasteiger partial charge on any atom is 0.306 e. The number of rotatable bonds is 3. The van der Waals surface area contributed by atoms with Crippen LogP contribution in [0.4, 0.5) is 5.69 Å². The van der Waals surface area contributed by atoms with Gasteiger partial charge in [0, 0.05) is 10.4 Å². The van der Waals surface area contributed by atoms with E-state index in [9.17, 15) is 9.59 Å². The van der Waals surface area contributed by atoms with E-state index in [1.165, 1.54) is 0 Å². The van der Waals surface area contributed by atoms with E-state index in [0.717, 1.165) is 23.0 Å². The molecule has 2 rings (SSSR count). The topological polar surface area (TPSA) is 66.4 Å². The molecular weight excluding hydrogens is 310 g/mol. The largest absolute Gasteiger partial charge is 0.481 e. The molecule has 0 aliphatic heterocycles. The minimum absolute atomic E-state index is 0.0853. The van der Waals surface area contributed by atoms with Crippen LogP contribution in [-0.2, 0) is 9.59 Å². The zero-order chi connectivity index (χ0) is 13.8. The highest BCUT2D eigenvalue weighted by Gasteiger charge is 2.31. The zero-order valence-electron chi connectivity index (χ0n) is 10.4. The van der Waals surface area contributed by atoms with E-state index in [4.69, 9.17) is 5.11 Å². The fraction of sp³-hybridized carbons (Fsp3) is 0.429. The molecule has 1 saturated carbocycles. The van der Waals surface area contributed by atoms with Gasteiger partial charge in [-0.25, -0.2) is 0 Å². The molecule has 1 aliphatic carbocycles. The van der Waals surface area contributed by atoms with E-state index >= 15 is 0 Å². The normalized spacial score (nSPS) is 22.8. The highest BCUT2D eigenvalue weighted by atomic mass is 79.9. The molecule has 5 heteroatoms. The quantitative estimate of drug-likeness (QED) is 0.896. The molecule has 0 bridgehead atoms. The molecule has 1 fully saturated rings. The zero-order valence-corrected chi connectivity index (χ0v) is 12.0. The Labute approximate surface area is 120 Å². The third-order valence-electron chi connectivity index (χ3n) is 3.53. The first-order valence-electron chi connectivity index (χ1n) is 6.36. The molecule has 1 aromatic rings. The predicted molar refractivity (Wildman–Crippen MR) is 75.9 cm³/mol. The molecule has 19 heavy (non-hydrogen) atoms. The maximum atomic E-state index is 12.2. The number of nitrogens with one attached hydrogen (secondary N) is 1. The molecule has 2 unspecified atom stereocenters. The van der Waals surface area contributed by atoms with E-state index in [0.29, 0.717) is 12.8 Å². The van der Waals surface area contributed by atoms with Crippen LogP contribution in [0.5, 0.6) is 0 Å². The first-order chi connectivity index (χ1) is 9.08. The van der Waals surface area contributed by atoms with Gasteiger partial charge in [0.2, 0.25) is 5.91 Å². The molecule has 0 heterocycles. The van der Waals surface area contributed by atoms with E-state index in [1.54, 1.807) is 0 Å². The number of anilines is 1. The lowest BCUT2D eigenvalue weighted by Crippen LogP contribution is -2.31. The summed E-state index contributed by atoms with van der Waals surface area (Å²) in [6.45, 7) is 0. The summed E-state index contributed by atoms with van der Waals surface area (Å²) in [5.74, 6) is -1.47. The first kappa shape index (κ1) is 14.1. The number of benzene rings is 1. The van der Waals surface area contributed by atoms with Crippen LogP contribution in [0, 0.1) is 11.8 Å². The molecule has 0 aromatic heterocycles. The van der Waals surface area contributed by atoms with Crippen LogP contribution in [0.1, 0.15) is 25.7 Å². The van der Waals surface area contributed by atoms with Crippen molar-refractivity contribution in [2.45, 2.75) is 25.7 Å². The van der Waals surface area contributed by atoms with Gasteiger partial charge in [-0.2, -0.15) is 0 Å². The molecule has 0 spiro atoms. The molecule has 102 valence electrons. The van der Waals surface area contributed by atoms with E-state index in [-0.39, 0.29) is 17.7 Å². The average molecular weight is 326 g/mol. The standard InChI is InChI=1S/C14H16BrNO3/c15-11-6-1-2-7-12(11)16-13(17)9-4-3-5-10(8-9)14(18)19/h1-2,6-7,9-10H,3-5,8H2,(H,16,17)(H,18,19). The number of carbonyl (C=O) groups excluding carboxylic acids is 1. The number of amides is 1. The lowest BCUT2D eigenvalue weighted by molar-refractivity contribution is -0.143. The summed E-state index contributed by atoms with van der Waals surface area (Å²) in [7, 11) is 0. The molecule has 4 nitrogen and oxygen atoms in total. The Morgan fingerprint density at radius 3 is 2.58 bits per heavy atom. The van der Waals surface area contributed by atoms with Crippen LogP contribution in [0.2, 0.25) is 0 Å². The van der Waals surface area contributed by atoms with Gasteiger partial charge < -0.3 is 10.4 Å². The van der Waals surface area contributed by atoms with Crippen molar-refractivity contribution in [3.05, 3.63) is 28.7 Å². The summed E-state index contributed by atoms with van der Waals surface area (Å²) in [5, 5.41) is 11.9. The van der Waals surface area contributed by atoms with Crippen molar-refractivity contribution in [3.63, 3.8) is 0 Å². The minimum Gasteiger partial charge on any atom is -0.481 e. The fourth-order valence-electron chi connectivity index (χ4n) is 2.45. The Balaban J connectivity index is 2.00. The van der Waals surface area contributed by atoms with E-state index < -0.39 is 5.97 Å². The first-order valence-corrected chi connectivity index (χ1v) is 7.15. The highest BCUT2D eigenvalue weighted by Crippen LogP contribution is 2.31. The van der Waals surface area contributed by atoms with Gasteiger partial charge in [-0.05, 0) is 47.3 Å². The average Bonchev–Trinajstić information content (AvgIpc) is 2.41. The van der Waals surface area contributed by atoms with Crippen LogP contribution in [0.15, 0.2) is 28.7 Å². The lowest BCUT2D eigenvalue weighted by Gasteiger charge is -2.25. The lowest BCUT2D eigenvalue weighted by atomic mass is 9.81. The Kier molecular flexibility index (Phi) is 4.58. The van der Waals surface area contributed by atoms with Gasteiger partial charge in [0.1, 0.15) is 0 Å². The van der Waals surface area contributed by atoms with Crippen LogP contribution < -0.4 is 5.32 Å². The summed E-state index contributed by atoms with van der Waals surface area (Å²) < 4.78 is 0.828. The van der Waals surface area contributed by atoms with Crippen molar-refractivity contribution in [3.8, 4) is 0 Å². The summed E-state index contributed by atoms with van der Waals surface area (Å²) in [4.78, 5) is 23.2. The van der Waals surface area contributed by atoms with E-state index in [1.807, 2.05) is 24.3 Å². The molecule has 2 atom stereocenters. The summed E-state index contributed by atoms with van der Waals surface area (Å²) >= 11 is 3.38. The van der Waals surface area contributed by atoms with E-state index in [2.05, 4.69) is 21.2 Å². The number of halogens is 1. The van der Waals surface area contributed by atoms with Crippen molar-refractivity contribution >= 4 is 33.5 Å². The molecule has 1 aliphatic rings. The Morgan fingerprint density at radius 2 is 1.89 bits per heavy atom. The number of carboxylic acids is 1. The number of aliphatic carboxylic acids is 1. The van der Waals surface area contributed by atoms with Gasteiger partial charge in [0.05, 0.1) is 11.6 Å². The SMILES string of the molecule is O=C(O)C1CCCC(C(=O)Nc2ccccc2Br)C1. The molecule has 0 saturated heterocycles. The number of carbonyl (C=O) groups is 2. The smallest absolute Gasteiger partial charge is 0.306 e. The maximum absolute atomic E-state index is 12.2. The van der Waals surface area contributed by atoms with Gasteiger partial charge in [0.25, 0.3) is 0 Å². The number of hydrogen-bond acceptors (Lipinski definition) is 2. The molecule has 2 N–H and O–H groups in total. The van der Waals surface area contributed by atoms with Gasteiger partial charge in [-0.1, -0.05) is 18.6 Å². The Hall–Kier alpha value is -1.36. The summed E-state index contributed by atoms with van der Waals surface area (Å²) in [6, 6.07) is 7.40. The van der Waals surface area contributed by atoms with Crippen LogP contribution >= 0.6 is 15.9 Å². The van der Waals surface area contributed by atoms with Crippen LogP contribution in [0.25, 0.3) is 0 Å². The monoisotopic (exact) mass is 325 g/mol. The van der Waals surface area contributed by atoms with Crippen molar-refractivity contribution < 1.29 is 14.7 Å². The van der Waals surface area contributed by atoms with Crippen molar-refractivity contribution in [1.29, 1.82) is 0 Å². The molecule has 1 aromatic carbocycles. The van der Waals surface area contributed by atoms with Crippen LogP contribution in [-0.4, -0.2) is 17.0 Å². The predicted octanol–water partition coefficient (Wildman–Crippen LogP) is 3.28. The third-order valence-corrected chi connectivity index (χ3v) is 4.22. The number of para-hydroxylation sites is 1. The van der Waals surface area contributed by atoms with Crippen molar-refractivity contribution in [1.82, 2.24) is 0 Å². The number of hydrogen-bond donors (Lipinski definition) is 2. The second kappa shape index (κ2) is 6.19. The second-order valence-corrected chi connectivity index (χ2v) is 5.72. The Bertz CT molecular complexity index is 489. The molecule has 1 amide bonds. The van der Waals surface area contributed by atoms with Crippen molar-refractivity contribution in [2.24, 2.45) is 11.8 Å². The van der Waals surface area contributed by atoms with Gasteiger partial charge >= 0.3 is 5.97 Å². The summed E-state index contributed by atoms with van der Waals surface area (Å²) in [6.07, 6.45) is 2.67. The van der Waals surface area contributed by atoms with Crippen molar-refractivity contribution in [2.75, 3.05) is 5.32 Å². The van der Waals surface area contributed by atoms with Gasteiger partial charge in [-0.15, -0.1) is 0 Å². The van der Waals surface area contributed by atoms with Crippen LogP contribution in [0.3, 0.4) is 0 Å². The minimum atomic E-state index is -0.793. The number of carboxylic acid groups (broad SMARTS) is 1. The highest BCUT2D eigenvalue weighted by molar-refractivity contribution is 9.10. The molecule has 0 radical (unpaired) electrons. The van der Waals surface area contributed by atoms with Gasteiger partial charge in [0.15, 0.2) is 0 Å². The van der Waals surface area contributed by atoms with Gasteiger partial charge in [-0.3, -0.25) is 9.59 Å². The second-order valence-electron chi connectivity index (χ2n) is 4.87. The molecular formula is C14H16BrNO3.